The van der Waals surface area contributed by atoms with Crippen molar-refractivity contribution >= 4 is 23.3 Å². The maximum atomic E-state index is 12.8. The normalized spacial score (nSPS) is 12.0. The summed E-state index contributed by atoms with van der Waals surface area (Å²) < 4.78 is 12.8. The van der Waals surface area contributed by atoms with Crippen LogP contribution in [0.5, 0.6) is 0 Å². The Balaban J connectivity index is 2.44. The molecule has 1 aromatic carbocycles. The minimum atomic E-state index is -0.565. The zero-order chi connectivity index (χ0) is 13.5. The van der Waals surface area contributed by atoms with Crippen LogP contribution in [0.25, 0.3) is 0 Å². The molecule has 18 heavy (non-hydrogen) atoms. The molecule has 0 aliphatic rings. The van der Waals surface area contributed by atoms with Gasteiger partial charge in [-0.1, -0.05) is 24.9 Å². The Morgan fingerprint density at radius 3 is 2.89 bits per heavy atom. The molecule has 0 saturated carbocycles. The summed E-state index contributed by atoms with van der Waals surface area (Å²) >= 11 is 5.75. The summed E-state index contributed by atoms with van der Waals surface area (Å²) in [4.78, 5) is 11.5. The summed E-state index contributed by atoms with van der Waals surface area (Å²) in [5.41, 5.74) is 0.320. The molecule has 6 heteroatoms. The number of nitrogens with one attached hydrogen (secondary N) is 2. The maximum absolute atomic E-state index is 12.8. The minimum Gasteiger partial charge on any atom is -0.391 e. The smallest absolute Gasteiger partial charge is 0.319 e. The molecule has 4 nitrogen and oxygen atoms in total. The fraction of sp³-hybridized carbons (Fsp3) is 0.417. The number of hydrogen-bond donors (Lipinski definition) is 3. The first kappa shape index (κ1) is 14.7. The third kappa shape index (κ3) is 4.89. The highest BCUT2D eigenvalue weighted by Crippen LogP contribution is 2.22. The number of hydrogen-bond acceptors (Lipinski definition) is 2. The van der Waals surface area contributed by atoms with Gasteiger partial charge in [0.2, 0.25) is 0 Å². The molecule has 0 bridgehead atoms. The van der Waals surface area contributed by atoms with E-state index in [-0.39, 0.29) is 11.6 Å². The topological polar surface area (TPSA) is 61.4 Å². The van der Waals surface area contributed by atoms with Crippen molar-refractivity contribution in [3.63, 3.8) is 0 Å². The zero-order valence-corrected chi connectivity index (χ0v) is 10.8. The number of halogens is 2. The van der Waals surface area contributed by atoms with Gasteiger partial charge < -0.3 is 15.7 Å². The molecule has 0 spiro atoms. The van der Waals surface area contributed by atoms with Crippen molar-refractivity contribution in [1.82, 2.24) is 5.32 Å². The van der Waals surface area contributed by atoms with Crippen molar-refractivity contribution < 1.29 is 14.3 Å². The predicted octanol–water partition coefficient (Wildman–Crippen LogP) is 2.76. The third-order valence-electron chi connectivity index (χ3n) is 2.30. The van der Waals surface area contributed by atoms with Crippen molar-refractivity contribution in [3.8, 4) is 0 Å². The molecule has 1 atom stereocenters. The molecule has 0 saturated heterocycles. The third-order valence-corrected chi connectivity index (χ3v) is 2.61. The van der Waals surface area contributed by atoms with Crippen molar-refractivity contribution in [1.29, 1.82) is 0 Å². The molecule has 0 heterocycles. The molecule has 0 radical (unpaired) electrons. The molecule has 0 aliphatic carbocycles. The van der Waals surface area contributed by atoms with E-state index in [9.17, 15) is 14.3 Å². The molecular weight excluding hydrogens is 259 g/mol. The Bertz CT molecular complexity index is 415. The monoisotopic (exact) mass is 274 g/mol. The fourth-order valence-corrected chi connectivity index (χ4v) is 1.62. The second-order valence-electron chi connectivity index (χ2n) is 3.90. The van der Waals surface area contributed by atoms with E-state index in [1.165, 1.54) is 12.1 Å². The van der Waals surface area contributed by atoms with Crippen molar-refractivity contribution in [2.45, 2.75) is 25.9 Å². The van der Waals surface area contributed by atoms with Crippen LogP contribution < -0.4 is 10.6 Å². The van der Waals surface area contributed by atoms with Crippen molar-refractivity contribution in [2.24, 2.45) is 0 Å². The van der Waals surface area contributed by atoms with E-state index in [1.807, 2.05) is 6.92 Å². The summed E-state index contributed by atoms with van der Waals surface area (Å²) in [6.07, 6.45) is 0.899. The predicted molar refractivity (Wildman–Crippen MR) is 69.3 cm³/mol. The molecule has 100 valence electrons. The second-order valence-corrected chi connectivity index (χ2v) is 4.31. The van der Waals surface area contributed by atoms with Crippen LogP contribution >= 0.6 is 11.6 Å². The number of urea groups is 1. The van der Waals surface area contributed by atoms with Gasteiger partial charge in [-0.3, -0.25) is 0 Å². The number of carbonyl (C=O) groups excluding carboxylic acids is 1. The minimum absolute atomic E-state index is 0.124. The second kappa shape index (κ2) is 7.18. The van der Waals surface area contributed by atoms with Gasteiger partial charge in [0, 0.05) is 6.54 Å². The first-order chi connectivity index (χ1) is 8.52. The van der Waals surface area contributed by atoms with Crippen LogP contribution in [0.15, 0.2) is 18.2 Å². The molecule has 1 aromatic rings. The summed E-state index contributed by atoms with van der Waals surface area (Å²) in [6, 6.07) is 3.20. The van der Waals surface area contributed by atoms with E-state index >= 15 is 0 Å². The van der Waals surface area contributed by atoms with Crippen LogP contribution in [0, 0.1) is 5.82 Å². The molecule has 1 rings (SSSR count). The van der Waals surface area contributed by atoms with Gasteiger partial charge in [0.05, 0.1) is 16.8 Å². The molecule has 3 N–H and O–H groups in total. The van der Waals surface area contributed by atoms with E-state index in [1.54, 1.807) is 0 Å². The molecule has 1 unspecified atom stereocenters. The van der Waals surface area contributed by atoms with Crippen LogP contribution in [0.4, 0.5) is 14.9 Å². The summed E-state index contributed by atoms with van der Waals surface area (Å²) in [5, 5.41) is 14.5. The zero-order valence-electron chi connectivity index (χ0n) is 10.0. The lowest BCUT2D eigenvalue weighted by Crippen LogP contribution is -2.35. The lowest BCUT2D eigenvalue weighted by molar-refractivity contribution is 0.162. The van der Waals surface area contributed by atoms with E-state index in [4.69, 9.17) is 11.6 Å². The van der Waals surface area contributed by atoms with Crippen LogP contribution in [-0.2, 0) is 0 Å². The SMILES string of the molecule is CCCC(O)CNC(=O)Nc1ccc(F)cc1Cl. The molecule has 0 fully saturated rings. The van der Waals surface area contributed by atoms with E-state index < -0.39 is 18.0 Å². The van der Waals surface area contributed by atoms with Crippen molar-refractivity contribution in [2.75, 3.05) is 11.9 Å². The Morgan fingerprint density at radius 2 is 2.28 bits per heavy atom. The number of rotatable bonds is 5. The number of aliphatic hydroxyl groups excluding tert-OH is 1. The summed E-state index contributed by atoms with van der Waals surface area (Å²) in [5.74, 6) is -0.468. The fourth-order valence-electron chi connectivity index (χ4n) is 1.40. The van der Waals surface area contributed by atoms with Gasteiger partial charge in [-0.25, -0.2) is 9.18 Å². The van der Waals surface area contributed by atoms with Crippen LogP contribution in [0.1, 0.15) is 19.8 Å². The Hall–Kier alpha value is -1.33. The number of aliphatic hydroxyl groups is 1. The highest BCUT2D eigenvalue weighted by Gasteiger charge is 2.08. The molecule has 0 aliphatic heterocycles. The number of amides is 2. The highest BCUT2D eigenvalue weighted by atomic mass is 35.5. The standard InChI is InChI=1S/C12H16ClFN2O2/c1-2-3-9(17)7-15-12(18)16-11-5-4-8(14)6-10(11)13/h4-6,9,17H,2-3,7H2,1H3,(H2,15,16,18). The number of anilines is 1. The lowest BCUT2D eigenvalue weighted by Gasteiger charge is -2.12. The van der Waals surface area contributed by atoms with E-state index in [0.29, 0.717) is 12.1 Å². The van der Waals surface area contributed by atoms with Gasteiger partial charge in [0.15, 0.2) is 0 Å². The quantitative estimate of drug-likeness (QED) is 0.773. The first-order valence-electron chi connectivity index (χ1n) is 5.71. The molecule has 2 amide bonds. The van der Waals surface area contributed by atoms with Gasteiger partial charge in [-0.05, 0) is 24.6 Å². The maximum Gasteiger partial charge on any atom is 0.319 e. The Kier molecular flexibility index (Phi) is 5.88. The lowest BCUT2D eigenvalue weighted by atomic mass is 10.2. The van der Waals surface area contributed by atoms with Crippen molar-refractivity contribution in [3.05, 3.63) is 29.0 Å². The van der Waals surface area contributed by atoms with Crippen LogP contribution in [0.3, 0.4) is 0 Å². The summed E-state index contributed by atoms with van der Waals surface area (Å²) in [7, 11) is 0. The average molecular weight is 275 g/mol. The van der Waals surface area contributed by atoms with Crippen LogP contribution in [0.2, 0.25) is 5.02 Å². The van der Waals surface area contributed by atoms with Gasteiger partial charge >= 0.3 is 6.03 Å². The van der Waals surface area contributed by atoms with Gasteiger partial charge in [0.1, 0.15) is 5.82 Å². The summed E-state index contributed by atoms with van der Waals surface area (Å²) in [6.45, 7) is 2.11. The number of benzene rings is 1. The van der Waals surface area contributed by atoms with Gasteiger partial charge in [0.25, 0.3) is 0 Å². The largest absolute Gasteiger partial charge is 0.391 e. The molecular formula is C12H16ClFN2O2. The first-order valence-corrected chi connectivity index (χ1v) is 6.08. The Morgan fingerprint density at radius 1 is 1.56 bits per heavy atom. The van der Waals surface area contributed by atoms with E-state index in [2.05, 4.69) is 10.6 Å². The number of carbonyl (C=O) groups is 1. The van der Waals surface area contributed by atoms with Crippen LogP contribution in [-0.4, -0.2) is 23.8 Å². The Labute approximate surface area is 110 Å². The van der Waals surface area contributed by atoms with Gasteiger partial charge in [-0.15, -0.1) is 0 Å². The van der Waals surface area contributed by atoms with Gasteiger partial charge in [-0.2, -0.15) is 0 Å². The molecule has 0 aromatic heterocycles. The average Bonchev–Trinajstić information content (AvgIpc) is 2.31. The highest BCUT2D eigenvalue weighted by molar-refractivity contribution is 6.33. The van der Waals surface area contributed by atoms with E-state index in [0.717, 1.165) is 12.5 Å².